The maximum atomic E-state index is 12.2. The van der Waals surface area contributed by atoms with Crippen LogP contribution in [0.3, 0.4) is 0 Å². The highest BCUT2D eigenvalue weighted by Crippen LogP contribution is 2.22. The second-order valence-corrected chi connectivity index (χ2v) is 7.60. The van der Waals surface area contributed by atoms with Crippen molar-refractivity contribution in [2.75, 3.05) is 13.1 Å². The standard InChI is InChI=1S/C19H30N2O2/c1-14-13-21(18(22)23-19(3,4)5)12-11-17(14)20-15(2)16-9-7-6-8-10-16/h6-10,14-15,17,20H,11-13H2,1-5H3/t14-,15?,17-/m1/s1. The molecule has 0 spiro atoms. The van der Waals surface area contributed by atoms with E-state index in [1.165, 1.54) is 5.56 Å². The third-order valence-electron chi connectivity index (χ3n) is 4.32. The minimum absolute atomic E-state index is 0.195. The van der Waals surface area contributed by atoms with Gasteiger partial charge in [-0.2, -0.15) is 0 Å². The fourth-order valence-electron chi connectivity index (χ4n) is 3.04. The molecule has 1 saturated heterocycles. The van der Waals surface area contributed by atoms with E-state index in [-0.39, 0.29) is 6.09 Å². The van der Waals surface area contributed by atoms with E-state index in [9.17, 15) is 4.79 Å². The number of nitrogens with zero attached hydrogens (tertiary/aromatic N) is 1. The van der Waals surface area contributed by atoms with Crippen molar-refractivity contribution in [1.29, 1.82) is 0 Å². The molecule has 0 radical (unpaired) electrons. The van der Waals surface area contributed by atoms with Crippen LogP contribution in [0.5, 0.6) is 0 Å². The summed E-state index contributed by atoms with van der Waals surface area (Å²) in [7, 11) is 0. The molecule has 2 rings (SSSR count). The maximum Gasteiger partial charge on any atom is 0.410 e. The Hall–Kier alpha value is -1.55. The molecule has 1 unspecified atom stereocenters. The molecule has 1 N–H and O–H groups in total. The van der Waals surface area contributed by atoms with Gasteiger partial charge in [0.15, 0.2) is 0 Å². The lowest BCUT2D eigenvalue weighted by atomic mass is 9.92. The first kappa shape index (κ1) is 17.8. The first-order chi connectivity index (χ1) is 10.8. The maximum absolute atomic E-state index is 12.2. The molecule has 0 saturated carbocycles. The van der Waals surface area contributed by atoms with E-state index in [4.69, 9.17) is 4.74 Å². The average Bonchev–Trinajstić information content (AvgIpc) is 2.48. The Morgan fingerprint density at radius 2 is 1.96 bits per heavy atom. The quantitative estimate of drug-likeness (QED) is 0.916. The molecule has 128 valence electrons. The second-order valence-electron chi connectivity index (χ2n) is 7.60. The molecule has 1 amide bonds. The van der Waals surface area contributed by atoms with Gasteiger partial charge in [0.25, 0.3) is 0 Å². The number of likely N-dealkylation sites (tertiary alicyclic amines) is 1. The lowest BCUT2D eigenvalue weighted by Crippen LogP contribution is -2.51. The number of carbonyl (C=O) groups excluding carboxylic acids is 1. The van der Waals surface area contributed by atoms with Crippen LogP contribution < -0.4 is 5.32 Å². The summed E-state index contributed by atoms with van der Waals surface area (Å²) in [6.07, 6.45) is 0.760. The molecule has 0 bridgehead atoms. The smallest absolute Gasteiger partial charge is 0.410 e. The molecule has 1 aromatic carbocycles. The molecule has 1 aliphatic heterocycles. The van der Waals surface area contributed by atoms with Crippen LogP contribution in [-0.2, 0) is 4.74 Å². The van der Waals surface area contributed by atoms with Crippen molar-refractivity contribution in [2.45, 2.75) is 58.7 Å². The molecule has 4 nitrogen and oxygen atoms in total. The van der Waals surface area contributed by atoms with E-state index in [1.54, 1.807) is 0 Å². The molecule has 23 heavy (non-hydrogen) atoms. The molecule has 1 heterocycles. The zero-order chi connectivity index (χ0) is 17.0. The molecular weight excluding hydrogens is 288 g/mol. The van der Waals surface area contributed by atoms with Crippen molar-refractivity contribution in [3.8, 4) is 0 Å². The third kappa shape index (κ3) is 5.24. The number of piperidine rings is 1. The number of nitrogens with one attached hydrogen (secondary N) is 1. The van der Waals surface area contributed by atoms with Gasteiger partial charge >= 0.3 is 6.09 Å². The van der Waals surface area contributed by atoms with Crippen LogP contribution in [0.2, 0.25) is 0 Å². The van der Waals surface area contributed by atoms with Crippen molar-refractivity contribution in [1.82, 2.24) is 10.2 Å². The van der Waals surface area contributed by atoms with Crippen LogP contribution in [0.25, 0.3) is 0 Å². The molecule has 1 aliphatic rings. The Bertz CT molecular complexity index is 510. The fourth-order valence-corrected chi connectivity index (χ4v) is 3.04. The number of carbonyl (C=O) groups is 1. The van der Waals surface area contributed by atoms with Crippen LogP contribution in [0.15, 0.2) is 30.3 Å². The predicted molar refractivity (Wildman–Crippen MR) is 93.4 cm³/mol. The summed E-state index contributed by atoms with van der Waals surface area (Å²) in [6.45, 7) is 11.6. The minimum Gasteiger partial charge on any atom is -0.444 e. The van der Waals surface area contributed by atoms with E-state index in [1.807, 2.05) is 31.7 Å². The summed E-state index contributed by atoms with van der Waals surface area (Å²) in [4.78, 5) is 14.0. The average molecular weight is 318 g/mol. The summed E-state index contributed by atoms with van der Waals surface area (Å²) in [5, 5.41) is 3.71. The largest absolute Gasteiger partial charge is 0.444 e. The zero-order valence-electron chi connectivity index (χ0n) is 15.0. The van der Waals surface area contributed by atoms with Gasteiger partial charge in [-0.05, 0) is 45.6 Å². The normalized spacial score (nSPS) is 23.4. The molecule has 1 aromatic rings. The van der Waals surface area contributed by atoms with Gasteiger partial charge in [0.05, 0.1) is 0 Å². The van der Waals surface area contributed by atoms with Crippen LogP contribution in [0, 0.1) is 5.92 Å². The minimum atomic E-state index is -0.433. The number of hydrogen-bond acceptors (Lipinski definition) is 3. The number of amides is 1. The van der Waals surface area contributed by atoms with E-state index >= 15 is 0 Å². The lowest BCUT2D eigenvalue weighted by molar-refractivity contribution is 0.0139. The first-order valence-electron chi connectivity index (χ1n) is 8.55. The van der Waals surface area contributed by atoms with Gasteiger partial charge in [0.2, 0.25) is 0 Å². The topological polar surface area (TPSA) is 41.6 Å². The van der Waals surface area contributed by atoms with Crippen molar-refractivity contribution >= 4 is 6.09 Å². The molecule has 1 fully saturated rings. The van der Waals surface area contributed by atoms with Gasteiger partial charge in [-0.15, -0.1) is 0 Å². The summed E-state index contributed by atoms with van der Waals surface area (Å²) in [5.41, 5.74) is 0.867. The Morgan fingerprint density at radius 3 is 2.52 bits per heavy atom. The third-order valence-corrected chi connectivity index (χ3v) is 4.32. The van der Waals surface area contributed by atoms with Crippen LogP contribution >= 0.6 is 0 Å². The molecule has 0 aliphatic carbocycles. The highest BCUT2D eigenvalue weighted by atomic mass is 16.6. The molecule has 0 aromatic heterocycles. The van der Waals surface area contributed by atoms with Crippen LogP contribution in [-0.4, -0.2) is 35.7 Å². The van der Waals surface area contributed by atoms with Gasteiger partial charge < -0.3 is 15.0 Å². The highest BCUT2D eigenvalue weighted by Gasteiger charge is 2.31. The van der Waals surface area contributed by atoms with E-state index in [0.29, 0.717) is 18.0 Å². The summed E-state index contributed by atoms with van der Waals surface area (Å²) < 4.78 is 5.48. The van der Waals surface area contributed by atoms with Gasteiger partial charge in [-0.3, -0.25) is 0 Å². The summed E-state index contributed by atoms with van der Waals surface area (Å²) in [5.74, 6) is 0.405. The summed E-state index contributed by atoms with van der Waals surface area (Å²) in [6, 6.07) is 11.2. The Kier molecular flexibility index (Phi) is 5.69. The van der Waals surface area contributed by atoms with Crippen LogP contribution in [0.1, 0.15) is 52.6 Å². The van der Waals surface area contributed by atoms with Gasteiger partial charge in [-0.1, -0.05) is 37.3 Å². The zero-order valence-corrected chi connectivity index (χ0v) is 15.0. The number of ether oxygens (including phenoxy) is 1. The van der Waals surface area contributed by atoms with E-state index in [2.05, 4.69) is 43.4 Å². The van der Waals surface area contributed by atoms with Gasteiger partial charge in [0.1, 0.15) is 5.60 Å². The Labute approximate surface area is 140 Å². The van der Waals surface area contributed by atoms with E-state index < -0.39 is 5.60 Å². The SMILES string of the molecule is CC(N[C@@H]1CCN(C(=O)OC(C)(C)C)C[C@H]1C)c1ccccc1. The number of rotatable bonds is 3. The Balaban J connectivity index is 1.88. The summed E-state index contributed by atoms with van der Waals surface area (Å²) >= 11 is 0. The highest BCUT2D eigenvalue weighted by molar-refractivity contribution is 5.68. The van der Waals surface area contributed by atoms with Crippen molar-refractivity contribution in [3.05, 3.63) is 35.9 Å². The second kappa shape index (κ2) is 7.35. The monoisotopic (exact) mass is 318 g/mol. The lowest BCUT2D eigenvalue weighted by Gasteiger charge is -2.39. The van der Waals surface area contributed by atoms with E-state index in [0.717, 1.165) is 19.5 Å². The van der Waals surface area contributed by atoms with Crippen molar-refractivity contribution < 1.29 is 9.53 Å². The first-order valence-corrected chi connectivity index (χ1v) is 8.55. The Morgan fingerprint density at radius 1 is 1.30 bits per heavy atom. The van der Waals surface area contributed by atoms with Crippen LogP contribution in [0.4, 0.5) is 4.79 Å². The fraction of sp³-hybridized carbons (Fsp3) is 0.632. The van der Waals surface area contributed by atoms with Gasteiger partial charge in [-0.25, -0.2) is 4.79 Å². The molecule has 3 atom stereocenters. The molecule has 4 heteroatoms. The van der Waals surface area contributed by atoms with Gasteiger partial charge in [0, 0.05) is 25.2 Å². The molecular formula is C19H30N2O2. The predicted octanol–water partition coefficient (Wildman–Crippen LogP) is 3.98. The number of benzene rings is 1. The number of hydrogen-bond donors (Lipinski definition) is 1. The van der Waals surface area contributed by atoms with Crippen molar-refractivity contribution in [3.63, 3.8) is 0 Å². The van der Waals surface area contributed by atoms with Crippen molar-refractivity contribution in [2.24, 2.45) is 5.92 Å².